The van der Waals surface area contributed by atoms with E-state index >= 15 is 0 Å². The minimum atomic E-state index is -0.424. The summed E-state index contributed by atoms with van der Waals surface area (Å²) in [6.45, 7) is 1.46. The Kier molecular flexibility index (Phi) is 7.14. The first-order valence-electron chi connectivity index (χ1n) is 13.3. The standard InChI is InChI=1S/C29H27ClN4O5S/c30-26-24(40-23-9-2-1-8-22(23)34(38)39)16-21-25(26)19-6-5-7-20(29(35)32-14-3-4-15-32)28(19)31-27(21)17-10-12-18(13-11-17)33(36)37/h1-2,5-13,21,24-27,31H,3-4,14-16H2/t21-,24-,25+,26-,27+/m1/s1. The molecule has 1 N–H and O–H groups in total. The zero-order valence-electron chi connectivity index (χ0n) is 21.4. The maximum absolute atomic E-state index is 13.6. The summed E-state index contributed by atoms with van der Waals surface area (Å²) < 4.78 is 0. The Morgan fingerprint density at radius 2 is 1.68 bits per heavy atom. The molecule has 2 heterocycles. The number of alkyl halides is 1. The van der Waals surface area contributed by atoms with Crippen LogP contribution in [0.3, 0.4) is 0 Å². The first-order valence-corrected chi connectivity index (χ1v) is 14.6. The lowest BCUT2D eigenvalue weighted by Crippen LogP contribution is -2.34. The third-order valence-electron chi connectivity index (χ3n) is 8.27. The Balaban J connectivity index is 1.41. The second-order valence-corrected chi connectivity index (χ2v) is 12.3. The maximum Gasteiger partial charge on any atom is 0.282 e. The van der Waals surface area contributed by atoms with Gasteiger partial charge < -0.3 is 10.2 Å². The molecular formula is C29H27ClN4O5S. The van der Waals surface area contributed by atoms with E-state index in [0.717, 1.165) is 42.7 Å². The molecule has 0 unspecified atom stereocenters. The zero-order chi connectivity index (χ0) is 28.0. The highest BCUT2D eigenvalue weighted by atomic mass is 35.5. The van der Waals surface area contributed by atoms with Gasteiger partial charge in [0.15, 0.2) is 0 Å². The van der Waals surface area contributed by atoms with Gasteiger partial charge in [0.05, 0.1) is 37.4 Å². The van der Waals surface area contributed by atoms with Gasteiger partial charge in [-0.3, -0.25) is 25.0 Å². The molecule has 1 saturated heterocycles. The summed E-state index contributed by atoms with van der Waals surface area (Å²) in [7, 11) is 0. The molecule has 1 saturated carbocycles. The normalized spacial score (nSPS) is 25.1. The van der Waals surface area contributed by atoms with Crippen LogP contribution in [0.4, 0.5) is 17.1 Å². The molecule has 0 radical (unpaired) electrons. The smallest absolute Gasteiger partial charge is 0.282 e. The van der Waals surface area contributed by atoms with E-state index in [1.165, 1.54) is 30.0 Å². The van der Waals surface area contributed by atoms with Crippen LogP contribution in [-0.2, 0) is 0 Å². The molecule has 5 atom stereocenters. The molecule has 0 aromatic heterocycles. The average Bonchev–Trinajstić information content (AvgIpc) is 3.61. The number of non-ortho nitro benzene ring substituents is 1. The Hall–Kier alpha value is -3.63. The number of anilines is 1. The molecule has 0 bridgehead atoms. The van der Waals surface area contributed by atoms with Crippen molar-refractivity contribution in [3.8, 4) is 0 Å². The van der Waals surface area contributed by atoms with Crippen molar-refractivity contribution in [2.24, 2.45) is 5.92 Å². The summed E-state index contributed by atoms with van der Waals surface area (Å²) in [6.07, 6.45) is 2.64. The van der Waals surface area contributed by atoms with E-state index in [2.05, 4.69) is 5.32 Å². The van der Waals surface area contributed by atoms with Gasteiger partial charge in [0.1, 0.15) is 0 Å². The van der Waals surface area contributed by atoms with Crippen LogP contribution < -0.4 is 5.32 Å². The summed E-state index contributed by atoms with van der Waals surface area (Å²) in [6, 6.07) is 18.7. The first kappa shape index (κ1) is 26.6. The number of para-hydroxylation sites is 2. The Labute approximate surface area is 240 Å². The van der Waals surface area contributed by atoms with Crippen molar-refractivity contribution in [3.05, 3.63) is 104 Å². The van der Waals surface area contributed by atoms with Gasteiger partial charge in [-0.15, -0.1) is 23.4 Å². The number of carbonyl (C=O) groups excluding carboxylic acids is 1. The number of nitro groups is 2. The summed E-state index contributed by atoms with van der Waals surface area (Å²) in [5, 5.41) is 26.1. The van der Waals surface area contributed by atoms with Crippen LogP contribution in [0.15, 0.2) is 71.6 Å². The van der Waals surface area contributed by atoms with Gasteiger partial charge in [0.2, 0.25) is 0 Å². The average molecular weight is 579 g/mol. The number of likely N-dealkylation sites (tertiary alicyclic amines) is 1. The molecule has 3 aromatic carbocycles. The molecule has 40 heavy (non-hydrogen) atoms. The number of amides is 1. The number of carbonyl (C=O) groups is 1. The van der Waals surface area contributed by atoms with Crippen molar-refractivity contribution >= 4 is 46.3 Å². The second kappa shape index (κ2) is 10.7. The molecule has 2 aliphatic heterocycles. The van der Waals surface area contributed by atoms with Gasteiger partial charge >= 0.3 is 0 Å². The number of nitrogens with one attached hydrogen (secondary N) is 1. The van der Waals surface area contributed by atoms with Crippen LogP contribution in [0, 0.1) is 26.1 Å². The number of fused-ring (bicyclic) bond motifs is 3. The van der Waals surface area contributed by atoms with Crippen molar-refractivity contribution in [2.45, 2.75) is 46.7 Å². The lowest BCUT2D eigenvalue weighted by molar-refractivity contribution is -0.387. The first-order chi connectivity index (χ1) is 19.3. The zero-order valence-corrected chi connectivity index (χ0v) is 23.0. The molecule has 3 aromatic rings. The highest BCUT2D eigenvalue weighted by Crippen LogP contribution is 2.58. The molecular weight excluding hydrogens is 552 g/mol. The van der Waals surface area contributed by atoms with Gasteiger partial charge in [-0.1, -0.05) is 36.4 Å². The number of nitro benzene ring substituents is 2. The monoisotopic (exact) mass is 578 g/mol. The van der Waals surface area contributed by atoms with Crippen molar-refractivity contribution < 1.29 is 14.6 Å². The molecule has 11 heteroatoms. The van der Waals surface area contributed by atoms with Gasteiger partial charge in [-0.05, 0) is 48.4 Å². The number of benzene rings is 3. The largest absolute Gasteiger partial charge is 0.377 e. The van der Waals surface area contributed by atoms with E-state index in [9.17, 15) is 25.0 Å². The number of nitrogens with zero attached hydrogens (tertiary/aromatic N) is 3. The summed E-state index contributed by atoms with van der Waals surface area (Å²) in [5.74, 6) is -0.128. The topological polar surface area (TPSA) is 119 Å². The van der Waals surface area contributed by atoms with E-state index in [0.29, 0.717) is 16.9 Å². The third-order valence-corrected chi connectivity index (χ3v) is 10.4. The SMILES string of the molecule is O=C(c1cccc2c1N[C@@H](c1ccc([N+](=O)[O-])cc1)[C@@H]1C[C@@H](Sc3ccccc3[N+](=O)[O-])[C@@H](Cl)[C@@H]21)N1CCCC1. The van der Waals surface area contributed by atoms with Crippen molar-refractivity contribution in [3.63, 3.8) is 0 Å². The fraction of sp³-hybridized carbons (Fsp3) is 0.345. The number of thioether (sulfide) groups is 1. The second-order valence-electron chi connectivity index (χ2n) is 10.5. The van der Waals surface area contributed by atoms with E-state index in [4.69, 9.17) is 11.6 Å². The molecule has 2 fully saturated rings. The van der Waals surface area contributed by atoms with Crippen molar-refractivity contribution in [1.29, 1.82) is 0 Å². The number of halogens is 1. The van der Waals surface area contributed by atoms with Crippen molar-refractivity contribution in [2.75, 3.05) is 18.4 Å². The number of rotatable bonds is 6. The van der Waals surface area contributed by atoms with Crippen LogP contribution in [0.5, 0.6) is 0 Å². The number of hydrogen-bond acceptors (Lipinski definition) is 7. The Morgan fingerprint density at radius 1 is 0.950 bits per heavy atom. The van der Waals surface area contributed by atoms with Gasteiger partial charge in [0.25, 0.3) is 17.3 Å². The highest BCUT2D eigenvalue weighted by molar-refractivity contribution is 8.00. The van der Waals surface area contributed by atoms with Gasteiger partial charge in [-0.2, -0.15) is 0 Å². The van der Waals surface area contributed by atoms with Crippen LogP contribution in [0.2, 0.25) is 0 Å². The Morgan fingerprint density at radius 3 is 2.38 bits per heavy atom. The molecule has 3 aliphatic rings. The molecule has 0 spiro atoms. The summed E-state index contributed by atoms with van der Waals surface area (Å²) in [4.78, 5) is 38.2. The van der Waals surface area contributed by atoms with Gasteiger partial charge in [0, 0.05) is 42.5 Å². The lowest BCUT2D eigenvalue weighted by Gasteiger charge is -2.39. The fourth-order valence-corrected chi connectivity index (χ4v) is 8.36. The minimum absolute atomic E-state index is 0.00729. The van der Waals surface area contributed by atoms with Gasteiger partial charge in [-0.25, -0.2) is 0 Å². The minimum Gasteiger partial charge on any atom is -0.377 e. The van der Waals surface area contributed by atoms with Crippen molar-refractivity contribution in [1.82, 2.24) is 4.90 Å². The van der Waals surface area contributed by atoms with E-state index in [-0.39, 0.29) is 50.7 Å². The predicted octanol–water partition coefficient (Wildman–Crippen LogP) is 6.78. The molecule has 1 amide bonds. The van der Waals surface area contributed by atoms with E-state index in [1.807, 2.05) is 23.1 Å². The maximum atomic E-state index is 13.6. The molecule has 206 valence electrons. The fourth-order valence-electron chi connectivity index (χ4n) is 6.42. The molecule has 6 rings (SSSR count). The molecule has 1 aliphatic carbocycles. The quantitative estimate of drug-likeness (QED) is 0.194. The van der Waals surface area contributed by atoms with Crippen LogP contribution in [0.1, 0.15) is 52.7 Å². The summed E-state index contributed by atoms with van der Waals surface area (Å²) >= 11 is 8.66. The van der Waals surface area contributed by atoms with E-state index < -0.39 is 4.92 Å². The number of hydrogen-bond donors (Lipinski definition) is 1. The predicted molar refractivity (Wildman–Crippen MR) is 154 cm³/mol. The highest BCUT2D eigenvalue weighted by Gasteiger charge is 2.51. The third kappa shape index (κ3) is 4.69. The Bertz CT molecular complexity index is 1480. The van der Waals surface area contributed by atoms with Crippen LogP contribution in [-0.4, -0.2) is 44.4 Å². The van der Waals surface area contributed by atoms with E-state index in [1.54, 1.807) is 30.3 Å². The van der Waals surface area contributed by atoms with Crippen LogP contribution in [0.25, 0.3) is 0 Å². The summed E-state index contributed by atoms with van der Waals surface area (Å²) in [5.41, 5.74) is 3.26. The van der Waals surface area contributed by atoms with Crippen LogP contribution >= 0.6 is 23.4 Å². The lowest BCUT2D eigenvalue weighted by atomic mass is 9.76. The molecule has 9 nitrogen and oxygen atoms in total.